The maximum absolute atomic E-state index is 12.1. The van der Waals surface area contributed by atoms with Crippen LogP contribution in [0.3, 0.4) is 0 Å². The van der Waals surface area contributed by atoms with Crippen molar-refractivity contribution >= 4 is 36.0 Å². The van der Waals surface area contributed by atoms with Crippen molar-refractivity contribution in [1.82, 2.24) is 15.1 Å². The minimum Gasteiger partial charge on any atom is -0.379 e. The summed E-state index contributed by atoms with van der Waals surface area (Å²) in [7, 11) is 0. The first-order valence-corrected chi connectivity index (χ1v) is 9.62. The lowest BCUT2D eigenvalue weighted by atomic mass is 10.2. The first kappa shape index (κ1) is 21.5. The molecule has 7 nitrogen and oxygen atoms in total. The summed E-state index contributed by atoms with van der Waals surface area (Å²) in [6.07, 6.45) is 3.03. The van der Waals surface area contributed by atoms with Crippen molar-refractivity contribution in [3.63, 3.8) is 0 Å². The second-order valence-corrected chi connectivity index (χ2v) is 7.08. The zero-order chi connectivity index (χ0) is 16.7. The topological polar surface area (TPSA) is 87.9 Å². The Bertz CT molecular complexity index is 410. The average molecular weight is 381 g/mol. The number of likely N-dealkylation sites (tertiary alicyclic amines) is 1. The Morgan fingerprint density at radius 3 is 2.79 bits per heavy atom. The normalized spacial score (nSPS) is 23.0. The molecule has 2 saturated heterocycles. The van der Waals surface area contributed by atoms with Crippen molar-refractivity contribution in [1.29, 1.82) is 0 Å². The lowest BCUT2D eigenvalue weighted by Crippen LogP contribution is -2.47. The van der Waals surface area contributed by atoms with E-state index in [4.69, 9.17) is 10.5 Å². The van der Waals surface area contributed by atoms with E-state index in [-0.39, 0.29) is 30.3 Å². The Kier molecular flexibility index (Phi) is 9.99. The van der Waals surface area contributed by atoms with Gasteiger partial charge in [-0.25, -0.2) is 0 Å². The van der Waals surface area contributed by atoms with E-state index in [1.807, 2.05) is 11.2 Å². The summed E-state index contributed by atoms with van der Waals surface area (Å²) in [6, 6.07) is -0.597. The van der Waals surface area contributed by atoms with Crippen LogP contribution < -0.4 is 11.1 Å². The number of nitrogens with one attached hydrogen (secondary N) is 1. The van der Waals surface area contributed by atoms with Crippen LogP contribution in [0.1, 0.15) is 12.8 Å². The van der Waals surface area contributed by atoms with E-state index in [9.17, 15) is 9.59 Å². The Morgan fingerprint density at radius 1 is 1.42 bits per heavy atom. The number of rotatable bonds is 8. The van der Waals surface area contributed by atoms with Crippen LogP contribution >= 0.6 is 24.2 Å². The summed E-state index contributed by atoms with van der Waals surface area (Å²) >= 11 is 1.68. The molecule has 2 amide bonds. The highest BCUT2D eigenvalue weighted by Gasteiger charge is 2.31. The van der Waals surface area contributed by atoms with Gasteiger partial charge in [0.2, 0.25) is 11.8 Å². The third-order valence-electron chi connectivity index (χ3n) is 4.32. The molecule has 0 aromatic heterocycles. The Balaban J connectivity index is 0.00000288. The van der Waals surface area contributed by atoms with Crippen LogP contribution in [0, 0.1) is 0 Å². The van der Waals surface area contributed by atoms with Crippen LogP contribution in [0.5, 0.6) is 0 Å². The van der Waals surface area contributed by atoms with Gasteiger partial charge in [0.1, 0.15) is 0 Å². The molecule has 140 valence electrons. The third-order valence-corrected chi connectivity index (χ3v) is 4.96. The maximum Gasteiger partial charge on any atom is 0.237 e. The molecule has 9 heteroatoms. The molecule has 0 aromatic rings. The molecule has 2 heterocycles. The van der Waals surface area contributed by atoms with Gasteiger partial charge in [-0.1, -0.05) is 0 Å². The van der Waals surface area contributed by atoms with Gasteiger partial charge < -0.3 is 20.7 Å². The van der Waals surface area contributed by atoms with E-state index in [2.05, 4.69) is 10.2 Å². The van der Waals surface area contributed by atoms with Crippen molar-refractivity contribution < 1.29 is 14.3 Å². The molecule has 0 spiro atoms. The summed E-state index contributed by atoms with van der Waals surface area (Å²) in [4.78, 5) is 28.3. The van der Waals surface area contributed by atoms with Gasteiger partial charge in [0.25, 0.3) is 0 Å². The number of halogens is 1. The summed E-state index contributed by atoms with van der Waals surface area (Å²) < 4.78 is 5.32. The molecule has 0 aliphatic carbocycles. The lowest BCUT2D eigenvalue weighted by molar-refractivity contribution is -0.128. The van der Waals surface area contributed by atoms with Crippen molar-refractivity contribution in [2.75, 3.05) is 57.9 Å². The molecule has 0 bridgehead atoms. The number of nitrogens with two attached hydrogens (primary N) is 1. The van der Waals surface area contributed by atoms with Gasteiger partial charge in [-0.15, -0.1) is 12.4 Å². The van der Waals surface area contributed by atoms with E-state index >= 15 is 0 Å². The number of hydrogen-bond donors (Lipinski definition) is 2. The zero-order valence-electron chi connectivity index (χ0n) is 14.2. The average Bonchev–Trinajstić information content (AvgIpc) is 2.91. The van der Waals surface area contributed by atoms with Crippen molar-refractivity contribution in [2.24, 2.45) is 5.73 Å². The Labute approximate surface area is 154 Å². The van der Waals surface area contributed by atoms with Crippen LogP contribution in [0.2, 0.25) is 0 Å². The minimum absolute atomic E-state index is 0. The number of nitrogens with zero attached hydrogens (tertiary/aromatic N) is 2. The number of hydrogen-bond acceptors (Lipinski definition) is 6. The summed E-state index contributed by atoms with van der Waals surface area (Å²) in [5.74, 6) is 0.831. The highest BCUT2D eigenvalue weighted by molar-refractivity contribution is 7.98. The highest BCUT2D eigenvalue weighted by Crippen LogP contribution is 2.12. The second kappa shape index (κ2) is 11.1. The van der Waals surface area contributed by atoms with Gasteiger partial charge in [-0.3, -0.25) is 14.5 Å². The predicted molar refractivity (Wildman–Crippen MR) is 98.6 cm³/mol. The zero-order valence-corrected chi connectivity index (χ0v) is 15.9. The first-order valence-electron chi connectivity index (χ1n) is 8.23. The van der Waals surface area contributed by atoms with Crippen molar-refractivity contribution in [3.8, 4) is 0 Å². The van der Waals surface area contributed by atoms with E-state index in [0.717, 1.165) is 38.6 Å². The summed E-state index contributed by atoms with van der Waals surface area (Å²) in [5, 5.41) is 2.92. The minimum atomic E-state index is -0.486. The van der Waals surface area contributed by atoms with Gasteiger partial charge in [0.15, 0.2) is 0 Å². The van der Waals surface area contributed by atoms with Gasteiger partial charge in [-0.2, -0.15) is 11.8 Å². The predicted octanol–water partition coefficient (Wildman–Crippen LogP) is -0.462. The number of thioether (sulfide) groups is 1. The molecular formula is C15H29ClN4O3S. The molecule has 0 aromatic carbocycles. The van der Waals surface area contributed by atoms with E-state index in [1.165, 1.54) is 0 Å². The van der Waals surface area contributed by atoms with Crippen LogP contribution in [-0.4, -0.2) is 91.6 Å². The molecule has 0 saturated carbocycles. The molecule has 3 N–H and O–H groups in total. The SMILES string of the molecule is CSCC[C@H](N)C(=O)NC1CC(=O)N(CCN2CCOCC2)C1.Cl. The van der Waals surface area contributed by atoms with Gasteiger partial charge in [0.05, 0.1) is 25.3 Å². The fourth-order valence-electron chi connectivity index (χ4n) is 2.86. The fourth-order valence-corrected chi connectivity index (χ4v) is 3.35. The smallest absolute Gasteiger partial charge is 0.237 e. The van der Waals surface area contributed by atoms with Crippen molar-refractivity contribution in [2.45, 2.75) is 24.9 Å². The number of carbonyl (C=O) groups excluding carboxylic acids is 2. The molecule has 2 aliphatic heterocycles. The molecule has 2 atom stereocenters. The molecular weight excluding hydrogens is 352 g/mol. The third kappa shape index (κ3) is 6.76. The van der Waals surface area contributed by atoms with Crippen LogP contribution in [0.15, 0.2) is 0 Å². The molecule has 2 fully saturated rings. The fraction of sp³-hybridized carbons (Fsp3) is 0.867. The largest absolute Gasteiger partial charge is 0.379 e. The summed E-state index contributed by atoms with van der Waals surface area (Å²) in [5.41, 5.74) is 5.86. The van der Waals surface area contributed by atoms with Crippen LogP contribution in [0.4, 0.5) is 0 Å². The lowest BCUT2D eigenvalue weighted by Gasteiger charge is -2.28. The quantitative estimate of drug-likeness (QED) is 0.592. The van der Waals surface area contributed by atoms with Gasteiger partial charge in [0, 0.05) is 39.1 Å². The van der Waals surface area contributed by atoms with E-state index in [1.54, 1.807) is 11.8 Å². The Morgan fingerprint density at radius 2 is 2.12 bits per heavy atom. The molecule has 2 aliphatic rings. The van der Waals surface area contributed by atoms with E-state index < -0.39 is 6.04 Å². The number of morpholine rings is 1. The molecule has 2 rings (SSSR count). The number of amides is 2. The standard InChI is InChI=1S/C15H28N4O3S.ClH/c1-23-9-2-13(16)15(21)17-12-10-14(20)19(11-12)4-3-18-5-7-22-8-6-18;/h12-13H,2-11,16H2,1H3,(H,17,21);1H/t12?,13-;/m0./s1. The van der Waals surface area contributed by atoms with Crippen molar-refractivity contribution in [3.05, 3.63) is 0 Å². The van der Waals surface area contributed by atoms with Crippen LogP contribution in [-0.2, 0) is 14.3 Å². The first-order chi connectivity index (χ1) is 11.1. The second-order valence-electron chi connectivity index (χ2n) is 6.09. The summed E-state index contributed by atoms with van der Waals surface area (Å²) in [6.45, 7) is 5.54. The van der Waals surface area contributed by atoms with E-state index in [0.29, 0.717) is 25.9 Å². The monoisotopic (exact) mass is 380 g/mol. The number of ether oxygens (including phenoxy) is 1. The highest BCUT2D eigenvalue weighted by atomic mass is 35.5. The van der Waals surface area contributed by atoms with Gasteiger partial charge in [-0.05, 0) is 18.4 Å². The molecule has 24 heavy (non-hydrogen) atoms. The Hall–Kier alpha value is -0.540. The maximum atomic E-state index is 12.1. The molecule has 1 unspecified atom stereocenters. The molecule has 0 radical (unpaired) electrons. The number of carbonyl (C=O) groups is 2. The van der Waals surface area contributed by atoms with Crippen LogP contribution in [0.25, 0.3) is 0 Å². The van der Waals surface area contributed by atoms with Gasteiger partial charge >= 0.3 is 0 Å².